The third-order valence-electron chi connectivity index (χ3n) is 2.20. The lowest BCUT2D eigenvalue weighted by atomic mass is 10.1. The van der Waals surface area contributed by atoms with Gasteiger partial charge < -0.3 is 16.4 Å². The minimum Gasteiger partial charge on any atom is -0.398 e. The Labute approximate surface area is 109 Å². The maximum absolute atomic E-state index is 13.0. The lowest BCUT2D eigenvalue weighted by molar-refractivity contribution is -0.120. The maximum Gasteiger partial charge on any atom is 0.253 e. The largest absolute Gasteiger partial charge is 0.398 e. The van der Waals surface area contributed by atoms with Crippen molar-refractivity contribution in [3.63, 3.8) is 0 Å². The van der Waals surface area contributed by atoms with Gasteiger partial charge in [-0.25, -0.2) is 8.78 Å². The molecule has 0 aliphatic rings. The number of nitrogen functional groups attached to an aromatic ring is 1. The summed E-state index contributed by atoms with van der Waals surface area (Å²) < 4.78 is 25.8. The van der Waals surface area contributed by atoms with Gasteiger partial charge in [0.15, 0.2) is 11.6 Å². The molecule has 0 fully saturated rings. The molecular formula is C12H15F2N3O2. The molecule has 2 amide bonds. The Balaban J connectivity index is 2.69. The van der Waals surface area contributed by atoms with Crippen LogP contribution >= 0.6 is 0 Å². The first kappa shape index (κ1) is 14.9. The number of nitrogens with one attached hydrogen (secondary N) is 2. The molecule has 0 bridgehead atoms. The van der Waals surface area contributed by atoms with Gasteiger partial charge >= 0.3 is 0 Å². The zero-order chi connectivity index (χ0) is 14.6. The van der Waals surface area contributed by atoms with Crippen molar-refractivity contribution in [3.8, 4) is 0 Å². The third kappa shape index (κ3) is 4.20. The van der Waals surface area contributed by atoms with Gasteiger partial charge in [-0.3, -0.25) is 9.59 Å². The first-order valence-corrected chi connectivity index (χ1v) is 5.63. The fourth-order valence-corrected chi connectivity index (χ4v) is 1.39. The molecule has 0 aromatic heterocycles. The van der Waals surface area contributed by atoms with Crippen LogP contribution in [0.2, 0.25) is 0 Å². The van der Waals surface area contributed by atoms with E-state index in [9.17, 15) is 18.4 Å². The fraction of sp³-hybridized carbons (Fsp3) is 0.333. The van der Waals surface area contributed by atoms with E-state index >= 15 is 0 Å². The van der Waals surface area contributed by atoms with Gasteiger partial charge in [0.2, 0.25) is 5.91 Å². The molecule has 7 heteroatoms. The zero-order valence-electron chi connectivity index (χ0n) is 10.6. The van der Waals surface area contributed by atoms with E-state index in [2.05, 4.69) is 10.6 Å². The van der Waals surface area contributed by atoms with Gasteiger partial charge in [0.05, 0.1) is 12.1 Å². The highest BCUT2D eigenvalue weighted by atomic mass is 19.2. The quantitative estimate of drug-likeness (QED) is 0.708. The molecule has 0 unspecified atom stereocenters. The standard InChI is InChI=1S/C12H15F2N3O2/c1-6(2)17-11(18)5-16-12(19)7-3-8(13)9(14)4-10(7)15/h3-4,6H,5,15H2,1-2H3,(H,16,19)(H,17,18). The van der Waals surface area contributed by atoms with E-state index in [0.29, 0.717) is 6.07 Å². The van der Waals surface area contributed by atoms with E-state index in [-0.39, 0.29) is 29.7 Å². The molecule has 0 aliphatic heterocycles. The van der Waals surface area contributed by atoms with Gasteiger partial charge in [0.25, 0.3) is 5.91 Å². The van der Waals surface area contributed by atoms with Crippen LogP contribution in [0.15, 0.2) is 12.1 Å². The lowest BCUT2D eigenvalue weighted by Crippen LogP contribution is -2.40. The second-order valence-corrected chi connectivity index (χ2v) is 4.26. The molecule has 0 saturated carbocycles. The Hall–Kier alpha value is -2.18. The second kappa shape index (κ2) is 6.12. The Morgan fingerprint density at radius 2 is 1.84 bits per heavy atom. The number of benzene rings is 1. The maximum atomic E-state index is 13.0. The Kier molecular flexibility index (Phi) is 4.80. The molecule has 104 valence electrons. The number of halogens is 2. The summed E-state index contributed by atoms with van der Waals surface area (Å²) in [6, 6.07) is 1.36. The normalized spacial score (nSPS) is 10.4. The molecule has 1 rings (SSSR count). The highest BCUT2D eigenvalue weighted by Gasteiger charge is 2.15. The van der Waals surface area contributed by atoms with Crippen molar-refractivity contribution in [3.05, 3.63) is 29.3 Å². The molecule has 0 spiro atoms. The average Bonchev–Trinajstić information content (AvgIpc) is 2.30. The summed E-state index contributed by atoms with van der Waals surface area (Å²) in [6.07, 6.45) is 0. The minimum absolute atomic E-state index is 0.0577. The van der Waals surface area contributed by atoms with Crippen molar-refractivity contribution >= 4 is 17.5 Å². The summed E-state index contributed by atoms with van der Waals surface area (Å²) in [5.41, 5.74) is 5.00. The van der Waals surface area contributed by atoms with Crippen molar-refractivity contribution in [2.45, 2.75) is 19.9 Å². The van der Waals surface area contributed by atoms with E-state index in [0.717, 1.165) is 6.07 Å². The number of hydrogen-bond donors (Lipinski definition) is 3. The highest BCUT2D eigenvalue weighted by Crippen LogP contribution is 2.16. The number of carbonyl (C=O) groups is 2. The van der Waals surface area contributed by atoms with Crippen LogP contribution in [0.4, 0.5) is 14.5 Å². The Morgan fingerprint density at radius 3 is 2.42 bits per heavy atom. The lowest BCUT2D eigenvalue weighted by Gasteiger charge is -2.10. The van der Waals surface area contributed by atoms with Crippen molar-refractivity contribution in [1.82, 2.24) is 10.6 Å². The zero-order valence-corrected chi connectivity index (χ0v) is 10.6. The van der Waals surface area contributed by atoms with E-state index in [1.54, 1.807) is 13.8 Å². The molecule has 1 aromatic rings. The van der Waals surface area contributed by atoms with Crippen LogP contribution in [0, 0.1) is 11.6 Å². The fourth-order valence-electron chi connectivity index (χ4n) is 1.39. The molecule has 5 nitrogen and oxygen atoms in total. The SMILES string of the molecule is CC(C)NC(=O)CNC(=O)c1cc(F)c(F)cc1N. The van der Waals surface area contributed by atoms with Crippen LogP contribution in [-0.4, -0.2) is 24.4 Å². The van der Waals surface area contributed by atoms with E-state index in [4.69, 9.17) is 5.73 Å². The monoisotopic (exact) mass is 271 g/mol. The van der Waals surface area contributed by atoms with Gasteiger partial charge in [0.1, 0.15) is 0 Å². The van der Waals surface area contributed by atoms with Crippen molar-refractivity contribution in [2.75, 3.05) is 12.3 Å². The molecule has 0 aliphatic carbocycles. The van der Waals surface area contributed by atoms with Gasteiger partial charge in [-0.05, 0) is 19.9 Å². The van der Waals surface area contributed by atoms with Crippen LogP contribution in [0.1, 0.15) is 24.2 Å². The Bertz CT molecular complexity index is 504. The first-order valence-electron chi connectivity index (χ1n) is 5.63. The molecule has 0 radical (unpaired) electrons. The molecule has 0 heterocycles. The van der Waals surface area contributed by atoms with Crippen molar-refractivity contribution < 1.29 is 18.4 Å². The van der Waals surface area contributed by atoms with Crippen LogP contribution in [-0.2, 0) is 4.79 Å². The van der Waals surface area contributed by atoms with Crippen molar-refractivity contribution in [1.29, 1.82) is 0 Å². The summed E-state index contributed by atoms with van der Waals surface area (Å²) in [4.78, 5) is 23.0. The van der Waals surface area contributed by atoms with Crippen LogP contribution in [0.25, 0.3) is 0 Å². The average molecular weight is 271 g/mol. The van der Waals surface area contributed by atoms with Crippen LogP contribution in [0.5, 0.6) is 0 Å². The summed E-state index contributed by atoms with van der Waals surface area (Å²) in [5.74, 6) is -3.43. The van der Waals surface area contributed by atoms with E-state index < -0.39 is 17.5 Å². The molecule has 0 saturated heterocycles. The minimum atomic E-state index is -1.18. The number of nitrogens with two attached hydrogens (primary N) is 1. The molecular weight excluding hydrogens is 256 g/mol. The molecule has 4 N–H and O–H groups in total. The predicted octanol–water partition coefficient (Wildman–Crippen LogP) is 0.801. The van der Waals surface area contributed by atoms with Gasteiger partial charge in [0, 0.05) is 17.8 Å². The first-order chi connectivity index (χ1) is 8.81. The van der Waals surface area contributed by atoms with E-state index in [1.807, 2.05) is 0 Å². The number of amides is 2. The summed E-state index contributed by atoms with van der Waals surface area (Å²) in [5, 5.41) is 4.84. The predicted molar refractivity (Wildman–Crippen MR) is 66.4 cm³/mol. The second-order valence-electron chi connectivity index (χ2n) is 4.26. The Morgan fingerprint density at radius 1 is 1.26 bits per heavy atom. The number of hydrogen-bond acceptors (Lipinski definition) is 3. The molecule has 19 heavy (non-hydrogen) atoms. The third-order valence-corrected chi connectivity index (χ3v) is 2.20. The summed E-state index contributed by atoms with van der Waals surface area (Å²) >= 11 is 0. The molecule has 0 atom stereocenters. The summed E-state index contributed by atoms with van der Waals surface area (Å²) in [6.45, 7) is 3.27. The van der Waals surface area contributed by atoms with Gasteiger partial charge in [-0.1, -0.05) is 0 Å². The van der Waals surface area contributed by atoms with Crippen LogP contribution < -0.4 is 16.4 Å². The number of carbonyl (C=O) groups excluding carboxylic acids is 2. The van der Waals surface area contributed by atoms with Gasteiger partial charge in [-0.2, -0.15) is 0 Å². The van der Waals surface area contributed by atoms with Crippen LogP contribution in [0.3, 0.4) is 0 Å². The smallest absolute Gasteiger partial charge is 0.253 e. The van der Waals surface area contributed by atoms with Crippen molar-refractivity contribution in [2.24, 2.45) is 0 Å². The van der Waals surface area contributed by atoms with Gasteiger partial charge in [-0.15, -0.1) is 0 Å². The molecule has 1 aromatic carbocycles. The number of rotatable bonds is 4. The number of anilines is 1. The highest BCUT2D eigenvalue weighted by molar-refractivity contribution is 6.00. The van der Waals surface area contributed by atoms with E-state index in [1.165, 1.54) is 0 Å². The topological polar surface area (TPSA) is 84.2 Å². The summed E-state index contributed by atoms with van der Waals surface area (Å²) in [7, 11) is 0.